The van der Waals surface area contributed by atoms with E-state index in [1.807, 2.05) is 36.1 Å². The zero-order valence-corrected chi connectivity index (χ0v) is 12.4. The van der Waals surface area contributed by atoms with Crippen LogP contribution in [0.25, 0.3) is 11.3 Å². The first kappa shape index (κ1) is 14.1. The molecular formula is C15H16ClN3O2. The number of nitrogens with two attached hydrogens (primary N) is 1. The van der Waals surface area contributed by atoms with Crippen molar-refractivity contribution < 1.29 is 9.32 Å². The normalized spacial score (nSPS) is 16.5. The number of hydrogen-bond acceptors (Lipinski definition) is 4. The van der Waals surface area contributed by atoms with E-state index in [-0.39, 0.29) is 11.9 Å². The molecule has 21 heavy (non-hydrogen) atoms. The number of halogens is 1. The molecule has 1 amide bonds. The largest absolute Gasteiger partial charge is 0.368 e. The Hall–Kier alpha value is -1.85. The van der Waals surface area contributed by atoms with Gasteiger partial charge in [-0.3, -0.25) is 9.69 Å². The molecule has 0 saturated heterocycles. The second-order valence-electron chi connectivity index (χ2n) is 5.24. The van der Waals surface area contributed by atoms with Gasteiger partial charge in [0, 0.05) is 35.7 Å². The fraction of sp³-hybridized carbons (Fsp3) is 0.333. The van der Waals surface area contributed by atoms with Crippen LogP contribution in [0.15, 0.2) is 28.8 Å². The number of benzene rings is 1. The van der Waals surface area contributed by atoms with Gasteiger partial charge in [0.25, 0.3) is 0 Å². The molecule has 5 nitrogen and oxygen atoms in total. The van der Waals surface area contributed by atoms with E-state index in [0.29, 0.717) is 11.6 Å². The lowest BCUT2D eigenvalue weighted by molar-refractivity contribution is -0.123. The number of aromatic nitrogens is 1. The van der Waals surface area contributed by atoms with Crippen LogP contribution in [0.5, 0.6) is 0 Å². The highest BCUT2D eigenvalue weighted by molar-refractivity contribution is 6.30. The van der Waals surface area contributed by atoms with Crippen molar-refractivity contribution in [3.05, 3.63) is 40.6 Å². The Kier molecular flexibility index (Phi) is 3.69. The highest BCUT2D eigenvalue weighted by Gasteiger charge is 2.29. The summed E-state index contributed by atoms with van der Waals surface area (Å²) < 4.78 is 5.43. The molecule has 1 unspecified atom stereocenters. The van der Waals surface area contributed by atoms with Crippen LogP contribution in [0.3, 0.4) is 0 Å². The minimum Gasteiger partial charge on any atom is -0.368 e. The number of primary amides is 1. The first-order chi connectivity index (χ1) is 10.1. The Labute approximate surface area is 127 Å². The van der Waals surface area contributed by atoms with E-state index < -0.39 is 0 Å². The summed E-state index contributed by atoms with van der Waals surface area (Å²) in [7, 11) is 0. The van der Waals surface area contributed by atoms with Crippen LogP contribution < -0.4 is 5.73 Å². The van der Waals surface area contributed by atoms with Crippen LogP contribution in [0.2, 0.25) is 5.02 Å². The second-order valence-corrected chi connectivity index (χ2v) is 5.68. The topological polar surface area (TPSA) is 72.4 Å². The van der Waals surface area contributed by atoms with Gasteiger partial charge in [-0.25, -0.2) is 0 Å². The van der Waals surface area contributed by atoms with Crippen molar-refractivity contribution in [2.75, 3.05) is 6.54 Å². The lowest BCUT2D eigenvalue weighted by Gasteiger charge is -2.29. The van der Waals surface area contributed by atoms with Gasteiger partial charge in [-0.15, -0.1) is 0 Å². The summed E-state index contributed by atoms with van der Waals surface area (Å²) in [5.74, 6) is 0.566. The number of carbonyl (C=O) groups excluding carboxylic acids is 1. The predicted octanol–water partition coefficient (Wildman–Crippen LogP) is 2.23. The SMILES string of the molecule is CC(C(N)=O)N1CCc2onc(-c3ccc(Cl)cc3)c2C1. The summed E-state index contributed by atoms with van der Waals surface area (Å²) in [6.45, 7) is 3.18. The maximum atomic E-state index is 11.4. The van der Waals surface area contributed by atoms with Gasteiger partial charge < -0.3 is 10.3 Å². The molecular weight excluding hydrogens is 290 g/mol. The number of rotatable bonds is 3. The molecule has 6 heteroatoms. The first-order valence-corrected chi connectivity index (χ1v) is 7.21. The van der Waals surface area contributed by atoms with Gasteiger partial charge in [0.15, 0.2) is 0 Å². The van der Waals surface area contributed by atoms with Gasteiger partial charge in [0.1, 0.15) is 11.5 Å². The summed E-state index contributed by atoms with van der Waals surface area (Å²) in [6, 6.07) is 7.18. The van der Waals surface area contributed by atoms with Gasteiger partial charge in [0.05, 0.1) is 6.04 Å². The van der Waals surface area contributed by atoms with Gasteiger partial charge in [0.2, 0.25) is 5.91 Å². The fourth-order valence-electron chi connectivity index (χ4n) is 2.58. The lowest BCUT2D eigenvalue weighted by Crippen LogP contribution is -2.44. The molecule has 1 aromatic heterocycles. The Morgan fingerprint density at radius 3 is 2.81 bits per heavy atom. The van der Waals surface area contributed by atoms with Crippen LogP contribution in [-0.2, 0) is 17.8 Å². The number of carbonyl (C=O) groups is 1. The van der Waals surface area contributed by atoms with Crippen LogP contribution in [0, 0.1) is 0 Å². The summed E-state index contributed by atoms with van der Waals surface area (Å²) in [5, 5.41) is 4.86. The third-order valence-corrected chi connectivity index (χ3v) is 4.19. The van der Waals surface area contributed by atoms with Gasteiger partial charge in [-0.2, -0.15) is 0 Å². The van der Waals surface area contributed by atoms with Crippen molar-refractivity contribution in [2.45, 2.75) is 25.9 Å². The average Bonchev–Trinajstić information content (AvgIpc) is 2.90. The molecule has 0 aliphatic carbocycles. The molecule has 1 atom stereocenters. The number of amides is 1. The summed E-state index contributed by atoms with van der Waals surface area (Å²) in [4.78, 5) is 13.4. The Morgan fingerprint density at radius 1 is 1.43 bits per heavy atom. The molecule has 2 N–H and O–H groups in total. The molecule has 2 heterocycles. The van der Waals surface area contributed by atoms with Crippen molar-refractivity contribution in [3.8, 4) is 11.3 Å². The zero-order chi connectivity index (χ0) is 15.0. The minimum absolute atomic E-state index is 0.300. The van der Waals surface area contributed by atoms with Gasteiger partial charge >= 0.3 is 0 Å². The van der Waals surface area contributed by atoms with E-state index in [2.05, 4.69) is 5.16 Å². The Morgan fingerprint density at radius 2 is 2.14 bits per heavy atom. The molecule has 1 aromatic carbocycles. The highest BCUT2D eigenvalue weighted by atomic mass is 35.5. The van der Waals surface area contributed by atoms with Crippen LogP contribution in [0.4, 0.5) is 0 Å². The molecule has 2 aromatic rings. The highest BCUT2D eigenvalue weighted by Crippen LogP contribution is 2.31. The van der Waals surface area contributed by atoms with Crippen LogP contribution in [-0.4, -0.2) is 28.6 Å². The average molecular weight is 306 g/mol. The molecule has 3 rings (SSSR count). The van der Waals surface area contributed by atoms with Crippen molar-refractivity contribution in [2.24, 2.45) is 5.73 Å². The minimum atomic E-state index is -0.317. The number of nitrogens with zero attached hydrogens (tertiary/aromatic N) is 2. The summed E-state index contributed by atoms with van der Waals surface area (Å²) >= 11 is 5.91. The van der Waals surface area contributed by atoms with Crippen molar-refractivity contribution in [3.63, 3.8) is 0 Å². The van der Waals surface area contributed by atoms with E-state index in [9.17, 15) is 4.79 Å². The maximum Gasteiger partial charge on any atom is 0.234 e. The molecule has 1 aliphatic heterocycles. The quantitative estimate of drug-likeness (QED) is 0.944. The fourth-order valence-corrected chi connectivity index (χ4v) is 2.70. The van der Waals surface area contributed by atoms with E-state index in [1.54, 1.807) is 0 Å². The van der Waals surface area contributed by atoms with E-state index in [4.69, 9.17) is 21.9 Å². The maximum absolute atomic E-state index is 11.4. The molecule has 0 bridgehead atoms. The van der Waals surface area contributed by atoms with E-state index >= 15 is 0 Å². The Bertz CT molecular complexity index is 666. The molecule has 110 valence electrons. The molecule has 0 fully saturated rings. The first-order valence-electron chi connectivity index (χ1n) is 6.83. The van der Waals surface area contributed by atoms with Gasteiger partial charge in [-0.1, -0.05) is 28.9 Å². The molecule has 0 spiro atoms. The number of hydrogen-bond donors (Lipinski definition) is 1. The lowest BCUT2D eigenvalue weighted by atomic mass is 10.0. The van der Waals surface area contributed by atoms with Crippen LogP contribution in [0.1, 0.15) is 18.2 Å². The summed E-state index contributed by atoms with van der Waals surface area (Å²) in [5.41, 5.74) is 8.18. The Balaban J connectivity index is 1.92. The zero-order valence-electron chi connectivity index (χ0n) is 11.7. The van der Waals surface area contributed by atoms with E-state index in [1.165, 1.54) is 0 Å². The van der Waals surface area contributed by atoms with Crippen molar-refractivity contribution in [1.82, 2.24) is 10.1 Å². The summed E-state index contributed by atoms with van der Waals surface area (Å²) in [6.07, 6.45) is 0.730. The third kappa shape index (κ3) is 2.66. The van der Waals surface area contributed by atoms with Crippen LogP contribution >= 0.6 is 11.6 Å². The molecule has 0 radical (unpaired) electrons. The smallest absolute Gasteiger partial charge is 0.234 e. The van der Waals surface area contributed by atoms with Gasteiger partial charge in [-0.05, 0) is 19.1 Å². The standard InChI is InChI=1S/C15H16ClN3O2/c1-9(15(17)20)19-7-6-13-12(8-19)14(18-21-13)10-2-4-11(16)5-3-10/h2-5,9H,6-8H2,1H3,(H2,17,20). The number of fused-ring (bicyclic) bond motifs is 1. The second kappa shape index (κ2) is 5.50. The third-order valence-electron chi connectivity index (χ3n) is 3.93. The molecule has 1 aliphatic rings. The predicted molar refractivity (Wildman–Crippen MR) is 79.7 cm³/mol. The van der Waals surface area contributed by atoms with Crippen molar-refractivity contribution in [1.29, 1.82) is 0 Å². The monoisotopic (exact) mass is 305 g/mol. The molecule has 0 saturated carbocycles. The van der Waals surface area contributed by atoms with Crippen molar-refractivity contribution >= 4 is 17.5 Å². The van der Waals surface area contributed by atoms with E-state index in [0.717, 1.165) is 35.5 Å².